The van der Waals surface area contributed by atoms with E-state index in [2.05, 4.69) is 38.2 Å². The summed E-state index contributed by atoms with van der Waals surface area (Å²) < 4.78 is 1.93. The summed E-state index contributed by atoms with van der Waals surface area (Å²) in [5.74, 6) is 0.523. The summed E-state index contributed by atoms with van der Waals surface area (Å²) in [7, 11) is 0. The van der Waals surface area contributed by atoms with Crippen molar-refractivity contribution in [1.29, 1.82) is 5.26 Å². The van der Waals surface area contributed by atoms with Crippen LogP contribution >= 0.6 is 0 Å². The van der Waals surface area contributed by atoms with Crippen LogP contribution in [0.15, 0.2) is 36.9 Å². The number of benzene rings is 1. The van der Waals surface area contributed by atoms with Crippen molar-refractivity contribution in [2.24, 2.45) is 5.92 Å². The van der Waals surface area contributed by atoms with E-state index in [4.69, 9.17) is 0 Å². The summed E-state index contributed by atoms with van der Waals surface area (Å²) in [5, 5.41) is 17.4. The molecule has 0 aliphatic carbocycles. The molecule has 0 N–H and O–H groups in total. The van der Waals surface area contributed by atoms with Crippen LogP contribution in [0.5, 0.6) is 0 Å². The van der Waals surface area contributed by atoms with E-state index in [-0.39, 0.29) is 6.04 Å². The molecule has 7 nitrogen and oxygen atoms in total. The van der Waals surface area contributed by atoms with Gasteiger partial charge in [-0.25, -0.2) is 4.68 Å². The molecule has 2 atom stereocenters. The number of aromatic nitrogens is 5. The molecule has 24 heavy (non-hydrogen) atoms. The minimum absolute atomic E-state index is 0.276. The molecule has 0 amide bonds. The van der Waals surface area contributed by atoms with E-state index in [1.54, 1.807) is 18.6 Å². The molecule has 0 saturated carbocycles. The Morgan fingerprint density at radius 3 is 2.71 bits per heavy atom. The summed E-state index contributed by atoms with van der Waals surface area (Å²) in [5.41, 5.74) is 3.02. The van der Waals surface area contributed by atoms with Crippen LogP contribution in [0.1, 0.15) is 24.9 Å². The first-order valence-corrected chi connectivity index (χ1v) is 8.01. The molecule has 3 heterocycles. The maximum Gasteiger partial charge on any atom is 0.113 e. The van der Waals surface area contributed by atoms with E-state index in [9.17, 15) is 5.26 Å². The topological polar surface area (TPSA) is 83.5 Å². The largest absolute Gasteiger partial charge is 0.367 e. The molecule has 1 aliphatic heterocycles. The van der Waals surface area contributed by atoms with Crippen molar-refractivity contribution >= 4 is 16.7 Å². The van der Waals surface area contributed by atoms with Crippen LogP contribution in [0.25, 0.3) is 11.0 Å². The molecule has 4 rings (SSSR count). The molecule has 1 aromatic carbocycles. The van der Waals surface area contributed by atoms with Gasteiger partial charge in [0.1, 0.15) is 17.1 Å². The van der Waals surface area contributed by atoms with Crippen molar-refractivity contribution in [3.63, 3.8) is 0 Å². The lowest BCUT2D eigenvalue weighted by atomic mass is 9.95. The molecule has 2 aromatic heterocycles. The van der Waals surface area contributed by atoms with Gasteiger partial charge in [-0.05, 0) is 24.5 Å². The van der Waals surface area contributed by atoms with Gasteiger partial charge in [0.15, 0.2) is 0 Å². The van der Waals surface area contributed by atoms with Crippen molar-refractivity contribution in [3.05, 3.63) is 42.5 Å². The normalized spacial score (nSPS) is 20.9. The second-order valence-corrected chi connectivity index (χ2v) is 6.28. The smallest absolute Gasteiger partial charge is 0.113 e. The number of hydrogen-bond donors (Lipinski definition) is 0. The summed E-state index contributed by atoms with van der Waals surface area (Å²) in [4.78, 5) is 11.2. The first kappa shape index (κ1) is 14.6. The zero-order chi connectivity index (χ0) is 16.5. The molecule has 7 heteroatoms. The molecule has 1 saturated heterocycles. The maximum absolute atomic E-state index is 9.30. The Balaban J connectivity index is 1.75. The average molecular weight is 319 g/mol. The second-order valence-electron chi connectivity index (χ2n) is 6.28. The Kier molecular flexibility index (Phi) is 3.58. The molecule has 1 aliphatic rings. The molecule has 0 bridgehead atoms. The van der Waals surface area contributed by atoms with Crippen molar-refractivity contribution in [2.45, 2.75) is 19.4 Å². The third-order valence-corrected chi connectivity index (χ3v) is 4.52. The zero-order valence-corrected chi connectivity index (χ0v) is 13.4. The molecular weight excluding hydrogens is 302 g/mol. The number of rotatable bonds is 2. The zero-order valence-electron chi connectivity index (χ0n) is 13.4. The van der Waals surface area contributed by atoms with Gasteiger partial charge in [-0.15, -0.1) is 5.10 Å². The Bertz CT molecular complexity index is 897. The third kappa shape index (κ3) is 2.46. The molecule has 120 valence electrons. The van der Waals surface area contributed by atoms with Gasteiger partial charge in [-0.3, -0.25) is 9.97 Å². The maximum atomic E-state index is 9.30. The fraction of sp³-hybridized carbons (Fsp3) is 0.353. The molecule has 0 spiro atoms. The standard InChI is InChI=1S/C17H17N7/c1-12-8-14(24-7-6-21-22-24)11-23(10-12)15-3-2-13(9-18)16-17(15)20-5-4-19-16/h2-7,12,14H,8,10-11H2,1H3/t12-,14+/m1/s1. The SMILES string of the molecule is C[C@@H]1C[C@H](n2ccnn2)CN(c2ccc(C#N)c3nccnc23)C1. The van der Waals surface area contributed by atoms with Crippen molar-refractivity contribution in [1.82, 2.24) is 25.0 Å². The van der Waals surface area contributed by atoms with Crippen LogP contribution in [-0.4, -0.2) is 38.1 Å². The predicted octanol–water partition coefficient (Wildman–Crippen LogP) is 2.18. The van der Waals surface area contributed by atoms with Crippen LogP contribution in [0.4, 0.5) is 5.69 Å². The number of fused-ring (bicyclic) bond motifs is 1. The first-order chi connectivity index (χ1) is 11.8. The van der Waals surface area contributed by atoms with Gasteiger partial charge in [0.25, 0.3) is 0 Å². The summed E-state index contributed by atoms with van der Waals surface area (Å²) in [6.07, 6.45) is 8.00. The van der Waals surface area contributed by atoms with Gasteiger partial charge in [-0.2, -0.15) is 5.26 Å². The molecule has 3 aromatic rings. The minimum atomic E-state index is 0.276. The summed E-state index contributed by atoms with van der Waals surface area (Å²) >= 11 is 0. The number of nitriles is 1. The molecular formula is C17H17N7. The highest BCUT2D eigenvalue weighted by Gasteiger charge is 2.28. The summed E-state index contributed by atoms with van der Waals surface area (Å²) in [6, 6.07) is 6.28. The van der Waals surface area contributed by atoms with E-state index < -0.39 is 0 Å². The molecule has 1 fully saturated rings. The Morgan fingerprint density at radius 1 is 1.12 bits per heavy atom. The van der Waals surface area contributed by atoms with Crippen LogP contribution in [-0.2, 0) is 0 Å². The van der Waals surface area contributed by atoms with E-state index >= 15 is 0 Å². The quantitative estimate of drug-likeness (QED) is 0.720. The predicted molar refractivity (Wildman–Crippen MR) is 89.3 cm³/mol. The van der Waals surface area contributed by atoms with Crippen LogP contribution in [0.2, 0.25) is 0 Å². The summed E-state index contributed by atoms with van der Waals surface area (Å²) in [6.45, 7) is 4.03. The number of anilines is 1. The lowest BCUT2D eigenvalue weighted by Gasteiger charge is -2.38. The highest BCUT2D eigenvalue weighted by atomic mass is 15.4. The van der Waals surface area contributed by atoms with Gasteiger partial charge in [0, 0.05) is 31.7 Å². The second kappa shape index (κ2) is 5.89. The van der Waals surface area contributed by atoms with Crippen LogP contribution in [0.3, 0.4) is 0 Å². The molecule has 0 unspecified atom stereocenters. The van der Waals surface area contributed by atoms with E-state index in [0.717, 1.165) is 30.7 Å². The van der Waals surface area contributed by atoms with Gasteiger partial charge in [0.2, 0.25) is 0 Å². The monoisotopic (exact) mass is 319 g/mol. The van der Waals surface area contributed by atoms with Crippen molar-refractivity contribution in [3.8, 4) is 6.07 Å². The molecule has 0 radical (unpaired) electrons. The highest BCUT2D eigenvalue weighted by molar-refractivity contribution is 5.91. The van der Waals surface area contributed by atoms with Gasteiger partial charge in [-0.1, -0.05) is 12.1 Å². The van der Waals surface area contributed by atoms with Crippen LogP contribution < -0.4 is 4.90 Å². The van der Waals surface area contributed by atoms with Gasteiger partial charge in [0.05, 0.1) is 23.5 Å². The number of nitrogens with zero attached hydrogens (tertiary/aromatic N) is 7. The first-order valence-electron chi connectivity index (χ1n) is 8.01. The van der Waals surface area contributed by atoms with Crippen molar-refractivity contribution < 1.29 is 0 Å². The minimum Gasteiger partial charge on any atom is -0.367 e. The van der Waals surface area contributed by atoms with Gasteiger partial charge >= 0.3 is 0 Å². The average Bonchev–Trinajstić information content (AvgIpc) is 3.15. The fourth-order valence-electron chi connectivity index (χ4n) is 3.51. The third-order valence-electron chi connectivity index (χ3n) is 4.52. The van der Waals surface area contributed by atoms with E-state index in [1.807, 2.05) is 23.0 Å². The van der Waals surface area contributed by atoms with E-state index in [1.165, 1.54) is 0 Å². The Labute approximate surface area is 139 Å². The fourth-order valence-corrected chi connectivity index (χ4v) is 3.51. The number of hydrogen-bond acceptors (Lipinski definition) is 6. The lowest BCUT2D eigenvalue weighted by molar-refractivity contribution is 0.309. The lowest BCUT2D eigenvalue weighted by Crippen LogP contribution is -2.41. The van der Waals surface area contributed by atoms with E-state index in [0.29, 0.717) is 17.0 Å². The van der Waals surface area contributed by atoms with Gasteiger partial charge < -0.3 is 4.90 Å². The number of piperidine rings is 1. The van der Waals surface area contributed by atoms with Crippen LogP contribution in [0, 0.1) is 17.2 Å². The van der Waals surface area contributed by atoms with Crippen molar-refractivity contribution in [2.75, 3.05) is 18.0 Å². The highest BCUT2D eigenvalue weighted by Crippen LogP contribution is 2.32. The Morgan fingerprint density at radius 2 is 1.96 bits per heavy atom. The Hall–Kier alpha value is -3.01.